The Bertz CT molecular complexity index is 408. The van der Waals surface area contributed by atoms with Gasteiger partial charge >= 0.3 is 5.97 Å². The molecular weight excluding hydrogens is 212 g/mol. The predicted molar refractivity (Wildman–Crippen MR) is 61.2 cm³/mol. The van der Waals surface area contributed by atoms with Gasteiger partial charge in [-0.1, -0.05) is 6.08 Å². The molecule has 0 aromatic heterocycles. The molecule has 4 nitrogen and oxygen atoms in total. The van der Waals surface area contributed by atoms with E-state index >= 15 is 0 Å². The first kappa shape index (κ1) is 10.2. The van der Waals surface area contributed by atoms with E-state index in [0.717, 1.165) is 16.2 Å². The van der Waals surface area contributed by atoms with Crippen molar-refractivity contribution < 1.29 is 9.53 Å². The normalized spacial score (nSPS) is 18.6. The molecule has 0 aliphatic carbocycles. The van der Waals surface area contributed by atoms with Crippen LogP contribution in [0.1, 0.15) is 6.92 Å². The van der Waals surface area contributed by atoms with Crippen molar-refractivity contribution in [3.05, 3.63) is 22.8 Å². The zero-order chi connectivity index (χ0) is 10.7. The number of thioether (sulfide) groups is 1. The Morgan fingerprint density at radius 3 is 3.33 bits per heavy atom. The largest absolute Gasteiger partial charge is 0.461 e. The smallest absolute Gasteiger partial charge is 0.357 e. The summed E-state index contributed by atoms with van der Waals surface area (Å²) in [5.41, 5.74) is 1.20. The lowest BCUT2D eigenvalue weighted by Gasteiger charge is -2.05. The maximum Gasteiger partial charge on any atom is 0.357 e. The molecule has 0 spiro atoms. The zero-order valence-electron chi connectivity index (χ0n) is 8.27. The predicted octanol–water partition coefficient (Wildman–Crippen LogP) is 1.55. The number of carbonyl (C=O) groups excluding carboxylic acids is 1. The van der Waals surface area contributed by atoms with Crippen molar-refractivity contribution in [1.29, 1.82) is 0 Å². The van der Waals surface area contributed by atoms with E-state index in [1.165, 1.54) is 6.34 Å². The lowest BCUT2D eigenvalue weighted by Crippen LogP contribution is -2.19. The topological polar surface area (TPSA) is 51.0 Å². The van der Waals surface area contributed by atoms with Crippen LogP contribution in [-0.4, -0.2) is 30.4 Å². The molecule has 2 rings (SSSR count). The minimum atomic E-state index is -0.384. The Morgan fingerprint density at radius 1 is 1.67 bits per heavy atom. The molecule has 0 saturated carbocycles. The van der Waals surface area contributed by atoms with E-state index in [0.29, 0.717) is 12.3 Å². The fourth-order valence-corrected chi connectivity index (χ4v) is 2.24. The number of hydrogen-bond donors (Lipinski definition) is 0. The van der Waals surface area contributed by atoms with Crippen LogP contribution in [0.5, 0.6) is 0 Å². The lowest BCUT2D eigenvalue weighted by molar-refractivity contribution is -0.134. The van der Waals surface area contributed by atoms with Crippen molar-refractivity contribution in [2.75, 3.05) is 12.4 Å². The fourth-order valence-electron chi connectivity index (χ4n) is 1.34. The molecule has 0 aromatic rings. The van der Waals surface area contributed by atoms with Crippen molar-refractivity contribution in [2.24, 2.45) is 9.98 Å². The third-order valence-electron chi connectivity index (χ3n) is 1.96. The standard InChI is InChI=1S/C10H10N2O2S/c1-2-14-10(13)9-7-3-4-15-8(7)5-11-6-12-9/h3,5-6H,2,4H2,1H3. The van der Waals surface area contributed by atoms with Gasteiger partial charge in [-0.3, -0.25) is 0 Å². The van der Waals surface area contributed by atoms with Crippen LogP contribution in [0.2, 0.25) is 0 Å². The summed E-state index contributed by atoms with van der Waals surface area (Å²) in [5, 5.41) is 0. The van der Waals surface area contributed by atoms with Gasteiger partial charge in [0.2, 0.25) is 0 Å². The van der Waals surface area contributed by atoms with Crippen LogP contribution in [0, 0.1) is 0 Å². The van der Waals surface area contributed by atoms with E-state index in [9.17, 15) is 4.79 Å². The number of esters is 1. The summed E-state index contributed by atoms with van der Waals surface area (Å²) in [4.78, 5) is 20.5. The first-order valence-corrected chi connectivity index (χ1v) is 5.62. The Morgan fingerprint density at radius 2 is 2.53 bits per heavy atom. The molecule has 5 heteroatoms. The van der Waals surface area contributed by atoms with Crippen LogP contribution in [-0.2, 0) is 9.53 Å². The van der Waals surface area contributed by atoms with Crippen LogP contribution in [0.3, 0.4) is 0 Å². The first-order valence-electron chi connectivity index (χ1n) is 4.63. The van der Waals surface area contributed by atoms with E-state index in [2.05, 4.69) is 9.98 Å². The van der Waals surface area contributed by atoms with Crippen LogP contribution >= 0.6 is 11.8 Å². The van der Waals surface area contributed by atoms with Crippen molar-refractivity contribution in [3.8, 4) is 0 Å². The summed E-state index contributed by atoms with van der Waals surface area (Å²) >= 11 is 1.65. The highest BCUT2D eigenvalue weighted by Crippen LogP contribution is 2.33. The van der Waals surface area contributed by atoms with Gasteiger partial charge < -0.3 is 4.74 Å². The number of allylic oxidation sites excluding steroid dienone is 1. The molecule has 0 fully saturated rings. The molecule has 0 N–H and O–H groups in total. The number of carbonyl (C=O) groups is 1. The Hall–Kier alpha value is -1.36. The molecule has 78 valence electrons. The average molecular weight is 222 g/mol. The Kier molecular flexibility index (Phi) is 3.01. The SMILES string of the molecule is CCOC(=O)C1=NC=NC=C2SCC=C21. The van der Waals surface area contributed by atoms with Gasteiger partial charge in [0, 0.05) is 22.4 Å². The van der Waals surface area contributed by atoms with Crippen LogP contribution in [0.4, 0.5) is 0 Å². The molecule has 2 heterocycles. The highest BCUT2D eigenvalue weighted by atomic mass is 32.2. The summed E-state index contributed by atoms with van der Waals surface area (Å²) in [5.74, 6) is 0.472. The third kappa shape index (κ3) is 2.02. The van der Waals surface area contributed by atoms with Crippen molar-refractivity contribution in [2.45, 2.75) is 6.92 Å². The highest BCUT2D eigenvalue weighted by Gasteiger charge is 2.25. The van der Waals surface area contributed by atoms with Crippen molar-refractivity contribution in [3.63, 3.8) is 0 Å². The zero-order valence-corrected chi connectivity index (χ0v) is 9.08. The van der Waals surface area contributed by atoms with Crippen LogP contribution in [0.25, 0.3) is 0 Å². The first-order chi connectivity index (χ1) is 7.33. The molecule has 15 heavy (non-hydrogen) atoms. The maximum absolute atomic E-state index is 11.6. The monoisotopic (exact) mass is 222 g/mol. The van der Waals surface area contributed by atoms with Crippen molar-refractivity contribution in [1.82, 2.24) is 0 Å². The van der Waals surface area contributed by atoms with E-state index in [-0.39, 0.29) is 5.97 Å². The Balaban J connectivity index is 2.31. The number of rotatable bonds is 2. The summed E-state index contributed by atoms with van der Waals surface area (Å²) in [7, 11) is 0. The molecule has 2 aliphatic heterocycles. The average Bonchev–Trinajstić information content (AvgIpc) is 2.58. The van der Waals surface area contributed by atoms with Gasteiger partial charge in [-0.05, 0) is 6.92 Å². The van der Waals surface area contributed by atoms with Crippen LogP contribution < -0.4 is 0 Å². The molecule has 0 atom stereocenters. The highest BCUT2D eigenvalue weighted by molar-refractivity contribution is 8.03. The second-order valence-corrected chi connectivity index (χ2v) is 3.95. The Labute approximate surface area is 91.8 Å². The van der Waals surface area contributed by atoms with Gasteiger partial charge in [0.1, 0.15) is 6.34 Å². The molecule has 0 unspecified atom stereocenters. The third-order valence-corrected chi connectivity index (χ3v) is 2.93. The molecule has 0 aromatic carbocycles. The minimum Gasteiger partial charge on any atom is -0.461 e. The lowest BCUT2D eigenvalue weighted by atomic mass is 10.1. The maximum atomic E-state index is 11.6. The van der Waals surface area contributed by atoms with E-state index in [1.54, 1.807) is 24.9 Å². The molecule has 0 bridgehead atoms. The second kappa shape index (κ2) is 4.44. The molecule has 0 saturated heterocycles. The van der Waals surface area contributed by atoms with Crippen LogP contribution in [0.15, 0.2) is 32.7 Å². The minimum absolute atomic E-state index is 0.356. The summed E-state index contributed by atoms with van der Waals surface area (Å²) in [6.45, 7) is 2.13. The number of nitrogens with zero attached hydrogens (tertiary/aromatic N) is 2. The van der Waals surface area contributed by atoms with E-state index in [4.69, 9.17) is 4.74 Å². The van der Waals surface area contributed by atoms with Gasteiger partial charge in [-0.15, -0.1) is 11.8 Å². The molecular formula is C10H10N2O2S. The quantitative estimate of drug-likeness (QED) is 0.666. The van der Waals surface area contributed by atoms with E-state index < -0.39 is 0 Å². The second-order valence-electron chi connectivity index (χ2n) is 2.88. The summed E-state index contributed by atoms with van der Waals surface area (Å²) < 4.78 is 4.94. The fraction of sp³-hybridized carbons (Fsp3) is 0.300. The number of fused-ring (bicyclic) bond motifs is 1. The number of ether oxygens (including phenoxy) is 1. The van der Waals surface area contributed by atoms with Gasteiger partial charge in [0.25, 0.3) is 0 Å². The van der Waals surface area contributed by atoms with Gasteiger partial charge in [-0.2, -0.15) is 0 Å². The van der Waals surface area contributed by atoms with Gasteiger partial charge in [-0.25, -0.2) is 14.8 Å². The molecule has 0 amide bonds. The summed E-state index contributed by atoms with van der Waals surface area (Å²) in [6.07, 6.45) is 5.07. The summed E-state index contributed by atoms with van der Waals surface area (Å²) in [6, 6.07) is 0. The molecule has 0 radical (unpaired) electrons. The molecule has 2 aliphatic rings. The van der Waals surface area contributed by atoms with Gasteiger partial charge in [0.15, 0.2) is 5.71 Å². The number of hydrogen-bond acceptors (Lipinski definition) is 5. The number of aliphatic imine (C=N–C) groups is 2. The van der Waals surface area contributed by atoms with Gasteiger partial charge in [0.05, 0.1) is 6.61 Å². The van der Waals surface area contributed by atoms with Crippen molar-refractivity contribution >= 4 is 29.8 Å². The van der Waals surface area contributed by atoms with E-state index in [1.807, 2.05) is 6.08 Å².